The molecule has 0 spiro atoms. The van der Waals surface area contributed by atoms with Gasteiger partial charge in [0, 0.05) is 29.7 Å². The minimum atomic E-state index is 0.445. The van der Waals surface area contributed by atoms with E-state index in [9.17, 15) is 0 Å². The molecule has 1 N–H and O–H groups in total. The van der Waals surface area contributed by atoms with E-state index in [2.05, 4.69) is 63.6 Å². The van der Waals surface area contributed by atoms with Gasteiger partial charge in [0.15, 0.2) is 0 Å². The van der Waals surface area contributed by atoms with Crippen molar-refractivity contribution in [2.24, 2.45) is 7.05 Å². The maximum absolute atomic E-state index is 4.45. The van der Waals surface area contributed by atoms with E-state index < -0.39 is 0 Å². The van der Waals surface area contributed by atoms with Gasteiger partial charge >= 0.3 is 0 Å². The molecular formula is C16H22BrN3. The zero-order valence-electron chi connectivity index (χ0n) is 12.4. The summed E-state index contributed by atoms with van der Waals surface area (Å²) in [6, 6.07) is 10.7. The average Bonchev–Trinajstić information content (AvgIpc) is 2.73. The summed E-state index contributed by atoms with van der Waals surface area (Å²) in [5, 5.41) is 7.92. The lowest BCUT2D eigenvalue weighted by atomic mass is 9.94. The van der Waals surface area contributed by atoms with Crippen LogP contribution in [0.3, 0.4) is 0 Å². The van der Waals surface area contributed by atoms with E-state index in [-0.39, 0.29) is 0 Å². The Morgan fingerprint density at radius 1 is 1.35 bits per heavy atom. The normalized spacial score (nSPS) is 12.6. The van der Waals surface area contributed by atoms with Crippen LogP contribution in [0, 0.1) is 6.92 Å². The highest BCUT2D eigenvalue weighted by Gasteiger charge is 2.16. The van der Waals surface area contributed by atoms with E-state index in [4.69, 9.17) is 0 Å². The Balaban J connectivity index is 2.24. The van der Waals surface area contributed by atoms with Crippen molar-refractivity contribution >= 4 is 15.9 Å². The Morgan fingerprint density at radius 3 is 2.70 bits per heavy atom. The number of likely N-dealkylation sites (N-methyl/N-ethyl adjacent to an activating group) is 1. The van der Waals surface area contributed by atoms with Gasteiger partial charge in [-0.25, -0.2) is 0 Å². The molecule has 0 saturated heterocycles. The van der Waals surface area contributed by atoms with Gasteiger partial charge in [0.2, 0.25) is 0 Å². The average molecular weight is 336 g/mol. The molecule has 0 amide bonds. The molecule has 0 aliphatic carbocycles. The number of aryl methyl sites for hydroxylation is 2. The minimum Gasteiger partial charge on any atom is -0.316 e. The largest absolute Gasteiger partial charge is 0.316 e. The first kappa shape index (κ1) is 15.3. The molecule has 0 bridgehead atoms. The molecule has 20 heavy (non-hydrogen) atoms. The van der Waals surface area contributed by atoms with Crippen molar-refractivity contribution in [3.63, 3.8) is 0 Å². The molecule has 0 aliphatic heterocycles. The van der Waals surface area contributed by atoms with Gasteiger partial charge in [0.1, 0.15) is 0 Å². The number of aromatic nitrogens is 2. The molecule has 1 aromatic heterocycles. The lowest BCUT2D eigenvalue weighted by Gasteiger charge is -2.19. The Morgan fingerprint density at radius 2 is 2.10 bits per heavy atom. The van der Waals surface area contributed by atoms with E-state index in [0.717, 1.165) is 25.2 Å². The Labute approximate surface area is 129 Å². The third kappa shape index (κ3) is 3.70. The molecule has 1 unspecified atom stereocenters. The molecule has 0 aliphatic rings. The van der Waals surface area contributed by atoms with Crippen molar-refractivity contribution in [3.8, 4) is 0 Å². The van der Waals surface area contributed by atoms with Crippen molar-refractivity contribution in [2.75, 3.05) is 13.1 Å². The van der Waals surface area contributed by atoms with Gasteiger partial charge < -0.3 is 5.32 Å². The second-order valence-corrected chi connectivity index (χ2v) is 5.99. The van der Waals surface area contributed by atoms with Crippen LogP contribution in [-0.2, 0) is 13.5 Å². The van der Waals surface area contributed by atoms with Crippen LogP contribution in [0.15, 0.2) is 34.8 Å². The maximum Gasteiger partial charge on any atom is 0.0596 e. The molecule has 0 radical (unpaired) electrons. The fourth-order valence-electron chi connectivity index (χ4n) is 2.52. The SMILES string of the molecule is CCNCC(Cc1cc(C)nn1C)c1ccccc1Br. The number of nitrogens with zero attached hydrogens (tertiary/aromatic N) is 2. The van der Waals surface area contributed by atoms with E-state index in [1.807, 2.05) is 18.7 Å². The summed E-state index contributed by atoms with van der Waals surface area (Å²) in [6.07, 6.45) is 0.993. The van der Waals surface area contributed by atoms with Gasteiger partial charge in [0.25, 0.3) is 0 Å². The Bertz CT molecular complexity index is 563. The molecule has 0 saturated carbocycles. The van der Waals surface area contributed by atoms with Crippen LogP contribution in [0.25, 0.3) is 0 Å². The van der Waals surface area contributed by atoms with Gasteiger partial charge in [-0.2, -0.15) is 5.10 Å². The van der Waals surface area contributed by atoms with Crippen LogP contribution < -0.4 is 5.32 Å². The van der Waals surface area contributed by atoms with Crippen LogP contribution >= 0.6 is 15.9 Å². The van der Waals surface area contributed by atoms with E-state index in [1.54, 1.807) is 0 Å². The zero-order valence-corrected chi connectivity index (χ0v) is 13.9. The maximum atomic E-state index is 4.45. The number of benzene rings is 1. The van der Waals surface area contributed by atoms with E-state index in [1.165, 1.54) is 15.7 Å². The number of rotatable bonds is 6. The highest BCUT2D eigenvalue weighted by molar-refractivity contribution is 9.10. The highest BCUT2D eigenvalue weighted by Crippen LogP contribution is 2.27. The molecule has 1 aromatic carbocycles. The third-order valence-corrected chi connectivity index (χ3v) is 4.26. The molecular weight excluding hydrogens is 314 g/mol. The van der Waals surface area contributed by atoms with Crippen molar-refractivity contribution in [3.05, 3.63) is 51.8 Å². The standard InChI is InChI=1S/C16H22BrN3/c1-4-18-11-13(15-7-5-6-8-16(15)17)10-14-9-12(2)19-20(14)3/h5-9,13,18H,4,10-11H2,1-3H3. The van der Waals surface area contributed by atoms with Crippen LogP contribution in [-0.4, -0.2) is 22.9 Å². The molecule has 3 nitrogen and oxygen atoms in total. The number of nitrogens with one attached hydrogen (secondary N) is 1. The fourth-order valence-corrected chi connectivity index (χ4v) is 3.13. The van der Waals surface area contributed by atoms with Crippen molar-refractivity contribution in [2.45, 2.75) is 26.2 Å². The fraction of sp³-hybridized carbons (Fsp3) is 0.438. The zero-order chi connectivity index (χ0) is 14.5. The first-order valence-electron chi connectivity index (χ1n) is 7.06. The Kier molecular flexibility index (Phi) is 5.38. The molecule has 108 valence electrons. The molecule has 1 atom stereocenters. The smallest absolute Gasteiger partial charge is 0.0596 e. The lowest BCUT2D eigenvalue weighted by molar-refractivity contribution is 0.569. The number of hydrogen-bond acceptors (Lipinski definition) is 2. The minimum absolute atomic E-state index is 0.445. The summed E-state index contributed by atoms with van der Waals surface area (Å²) in [4.78, 5) is 0. The summed E-state index contributed by atoms with van der Waals surface area (Å²) < 4.78 is 3.17. The predicted octanol–water partition coefficient (Wildman–Crippen LogP) is 3.43. The van der Waals surface area contributed by atoms with Gasteiger partial charge in [-0.3, -0.25) is 4.68 Å². The predicted molar refractivity (Wildman–Crippen MR) is 87.1 cm³/mol. The second kappa shape index (κ2) is 7.04. The van der Waals surface area contributed by atoms with Gasteiger partial charge in [-0.15, -0.1) is 0 Å². The van der Waals surface area contributed by atoms with Gasteiger partial charge in [-0.1, -0.05) is 41.1 Å². The second-order valence-electron chi connectivity index (χ2n) is 5.13. The molecule has 2 aromatic rings. The van der Waals surface area contributed by atoms with Crippen LogP contribution in [0.4, 0.5) is 0 Å². The van der Waals surface area contributed by atoms with Crippen LogP contribution in [0.5, 0.6) is 0 Å². The summed E-state index contributed by atoms with van der Waals surface area (Å²) in [5.74, 6) is 0.445. The molecule has 0 fully saturated rings. The topological polar surface area (TPSA) is 29.9 Å². The highest BCUT2D eigenvalue weighted by atomic mass is 79.9. The summed E-state index contributed by atoms with van der Waals surface area (Å²) in [6.45, 7) is 6.15. The summed E-state index contributed by atoms with van der Waals surface area (Å²) in [7, 11) is 2.02. The number of halogens is 1. The Hall–Kier alpha value is -1.13. The van der Waals surface area contributed by atoms with Crippen LogP contribution in [0.2, 0.25) is 0 Å². The molecule has 1 heterocycles. The first-order chi connectivity index (χ1) is 9.61. The van der Waals surface area contributed by atoms with Crippen molar-refractivity contribution in [1.82, 2.24) is 15.1 Å². The van der Waals surface area contributed by atoms with E-state index >= 15 is 0 Å². The monoisotopic (exact) mass is 335 g/mol. The first-order valence-corrected chi connectivity index (χ1v) is 7.85. The van der Waals surface area contributed by atoms with E-state index in [0.29, 0.717) is 5.92 Å². The molecule has 2 rings (SSSR count). The lowest BCUT2D eigenvalue weighted by Crippen LogP contribution is -2.23. The summed E-state index contributed by atoms with van der Waals surface area (Å²) >= 11 is 3.68. The summed E-state index contributed by atoms with van der Waals surface area (Å²) in [5.41, 5.74) is 3.71. The number of hydrogen-bond donors (Lipinski definition) is 1. The molecule has 4 heteroatoms. The van der Waals surface area contributed by atoms with Crippen LogP contribution in [0.1, 0.15) is 29.8 Å². The van der Waals surface area contributed by atoms with Gasteiger partial charge in [-0.05, 0) is 37.6 Å². The van der Waals surface area contributed by atoms with Gasteiger partial charge in [0.05, 0.1) is 5.69 Å². The van der Waals surface area contributed by atoms with Crippen molar-refractivity contribution in [1.29, 1.82) is 0 Å². The van der Waals surface area contributed by atoms with Crippen molar-refractivity contribution < 1.29 is 0 Å². The quantitative estimate of drug-likeness (QED) is 0.876. The third-order valence-electron chi connectivity index (χ3n) is 3.54.